The lowest BCUT2D eigenvalue weighted by Gasteiger charge is -2.23. The van der Waals surface area contributed by atoms with Gasteiger partial charge < -0.3 is 14.7 Å². The number of hydrogen-bond donors (Lipinski definition) is 2. The number of nitrogens with one attached hydrogen (secondary N) is 1. The summed E-state index contributed by atoms with van der Waals surface area (Å²) in [6.07, 6.45) is 2.53. The van der Waals surface area contributed by atoms with Crippen LogP contribution in [0.15, 0.2) is 34.5 Å². The number of sulfonamides is 1. The van der Waals surface area contributed by atoms with Crippen LogP contribution in [-0.4, -0.2) is 56.3 Å². The van der Waals surface area contributed by atoms with Gasteiger partial charge in [0.25, 0.3) is 10.0 Å². The minimum atomic E-state index is -3.73. The van der Waals surface area contributed by atoms with Crippen molar-refractivity contribution in [2.75, 3.05) is 32.0 Å². The van der Waals surface area contributed by atoms with E-state index in [2.05, 4.69) is 14.6 Å². The van der Waals surface area contributed by atoms with E-state index in [1.165, 1.54) is 23.5 Å². The van der Waals surface area contributed by atoms with Gasteiger partial charge in [-0.05, 0) is 57.6 Å². The summed E-state index contributed by atoms with van der Waals surface area (Å²) in [5.74, 6) is 0.637. The van der Waals surface area contributed by atoms with Crippen molar-refractivity contribution in [2.45, 2.75) is 50.0 Å². The third-order valence-electron chi connectivity index (χ3n) is 4.75. The summed E-state index contributed by atoms with van der Waals surface area (Å²) in [7, 11) is 0.277. The molecule has 29 heavy (non-hydrogen) atoms. The summed E-state index contributed by atoms with van der Waals surface area (Å²) in [5, 5.41) is 12.5. The van der Waals surface area contributed by atoms with Gasteiger partial charge in [0.1, 0.15) is 5.75 Å². The van der Waals surface area contributed by atoms with E-state index < -0.39 is 15.6 Å². The van der Waals surface area contributed by atoms with Crippen LogP contribution in [0.25, 0.3) is 0 Å². The number of aliphatic hydroxyl groups is 1. The van der Waals surface area contributed by atoms with Crippen molar-refractivity contribution in [1.29, 1.82) is 0 Å². The molecular weight excluding hydrogens is 410 g/mol. The van der Waals surface area contributed by atoms with Gasteiger partial charge in [0, 0.05) is 18.3 Å². The van der Waals surface area contributed by atoms with Gasteiger partial charge in [-0.3, -0.25) is 4.72 Å². The fourth-order valence-corrected chi connectivity index (χ4v) is 4.69. The number of rotatable bonds is 12. The lowest BCUT2D eigenvalue weighted by atomic mass is 9.92. The van der Waals surface area contributed by atoms with Crippen molar-refractivity contribution in [1.82, 2.24) is 9.88 Å². The van der Waals surface area contributed by atoms with Gasteiger partial charge in [-0.15, -0.1) is 11.3 Å². The zero-order valence-electron chi connectivity index (χ0n) is 17.5. The molecule has 1 heterocycles. The Labute approximate surface area is 177 Å². The van der Waals surface area contributed by atoms with Crippen molar-refractivity contribution in [3.8, 4) is 5.75 Å². The smallest absolute Gasteiger partial charge is 0.263 e. The zero-order valence-corrected chi connectivity index (χ0v) is 19.1. The topological polar surface area (TPSA) is 91.8 Å². The van der Waals surface area contributed by atoms with Crippen molar-refractivity contribution >= 4 is 26.5 Å². The van der Waals surface area contributed by atoms with Crippen molar-refractivity contribution in [3.63, 3.8) is 0 Å². The molecule has 9 heteroatoms. The number of hydrogen-bond acceptors (Lipinski definition) is 7. The van der Waals surface area contributed by atoms with Crippen LogP contribution in [0.4, 0.5) is 5.13 Å². The Hall–Kier alpha value is -1.68. The van der Waals surface area contributed by atoms with Gasteiger partial charge in [-0.1, -0.05) is 13.8 Å². The van der Waals surface area contributed by atoms with E-state index in [-0.39, 0.29) is 4.90 Å². The van der Waals surface area contributed by atoms with Gasteiger partial charge in [0.05, 0.1) is 22.8 Å². The molecule has 0 bridgehead atoms. The predicted octanol–water partition coefficient (Wildman–Crippen LogP) is 3.37. The van der Waals surface area contributed by atoms with E-state index in [1.54, 1.807) is 17.5 Å². The summed E-state index contributed by atoms with van der Waals surface area (Å²) in [6.45, 7) is 5.36. The molecule has 0 amide bonds. The molecule has 2 rings (SSSR count). The molecule has 0 aliphatic rings. The lowest BCUT2D eigenvalue weighted by molar-refractivity contribution is 0.0319. The van der Waals surface area contributed by atoms with Crippen LogP contribution >= 0.6 is 11.3 Å². The number of thiazole rings is 1. The van der Waals surface area contributed by atoms with E-state index in [9.17, 15) is 13.5 Å². The lowest BCUT2D eigenvalue weighted by Crippen LogP contribution is -2.29. The van der Waals surface area contributed by atoms with Gasteiger partial charge in [0.2, 0.25) is 0 Å². The highest BCUT2D eigenvalue weighted by Crippen LogP contribution is 2.26. The first-order valence-corrected chi connectivity index (χ1v) is 12.1. The van der Waals surface area contributed by atoms with E-state index in [0.29, 0.717) is 42.4 Å². The van der Waals surface area contributed by atoms with E-state index >= 15 is 0 Å². The molecule has 0 radical (unpaired) electrons. The van der Waals surface area contributed by atoms with Crippen LogP contribution in [0.5, 0.6) is 5.75 Å². The fourth-order valence-electron chi connectivity index (χ4n) is 2.73. The molecule has 0 saturated carbocycles. The normalized spacial score (nSPS) is 12.3. The molecule has 0 unspecified atom stereocenters. The second-order valence-electron chi connectivity index (χ2n) is 7.33. The van der Waals surface area contributed by atoms with E-state index in [4.69, 9.17) is 4.74 Å². The van der Waals surface area contributed by atoms with Gasteiger partial charge in [-0.25, -0.2) is 13.4 Å². The third-order valence-corrected chi connectivity index (χ3v) is 7.04. The Morgan fingerprint density at radius 3 is 2.45 bits per heavy atom. The number of benzene rings is 1. The summed E-state index contributed by atoms with van der Waals surface area (Å²) in [4.78, 5) is 6.55. The first-order valence-electron chi connectivity index (χ1n) is 9.74. The molecule has 1 aromatic carbocycles. The minimum Gasteiger partial charge on any atom is -0.494 e. The fraction of sp³-hybridized carbons (Fsp3) is 0.550. The van der Waals surface area contributed by atoms with Crippen LogP contribution in [0.2, 0.25) is 0 Å². The maximum absolute atomic E-state index is 12.6. The van der Waals surface area contributed by atoms with Crippen molar-refractivity contribution < 1.29 is 18.3 Å². The predicted molar refractivity (Wildman–Crippen MR) is 117 cm³/mol. The van der Waals surface area contributed by atoms with Crippen molar-refractivity contribution in [2.24, 2.45) is 0 Å². The highest BCUT2D eigenvalue weighted by molar-refractivity contribution is 7.93. The molecular formula is C20H31N3O4S2. The summed E-state index contributed by atoms with van der Waals surface area (Å²) in [5.41, 5.74) is -0.132. The van der Waals surface area contributed by atoms with Crippen LogP contribution in [0, 0.1) is 0 Å². The Bertz CT molecular complexity index is 860. The Morgan fingerprint density at radius 1 is 1.21 bits per heavy atom. The second kappa shape index (κ2) is 10.4. The number of nitrogens with zero attached hydrogens (tertiary/aromatic N) is 2. The highest BCUT2D eigenvalue weighted by Gasteiger charge is 2.24. The third kappa shape index (κ3) is 7.26. The number of anilines is 1. The summed E-state index contributed by atoms with van der Waals surface area (Å²) >= 11 is 1.21. The minimum absolute atomic E-state index is 0.147. The Balaban J connectivity index is 1.97. The number of ether oxygens (including phenoxy) is 1. The molecule has 162 valence electrons. The van der Waals surface area contributed by atoms with Crippen LogP contribution < -0.4 is 9.46 Å². The largest absolute Gasteiger partial charge is 0.494 e. The van der Waals surface area contributed by atoms with Gasteiger partial charge in [0.15, 0.2) is 5.13 Å². The quantitative estimate of drug-likeness (QED) is 0.491. The summed E-state index contributed by atoms with van der Waals surface area (Å²) < 4.78 is 33.4. The highest BCUT2D eigenvalue weighted by atomic mass is 32.2. The molecule has 2 N–H and O–H groups in total. The van der Waals surface area contributed by atoms with E-state index in [0.717, 1.165) is 13.0 Å². The monoisotopic (exact) mass is 441 g/mol. The Kier molecular flexibility index (Phi) is 8.45. The maximum atomic E-state index is 12.6. The van der Waals surface area contributed by atoms with E-state index in [1.807, 2.05) is 27.9 Å². The van der Waals surface area contributed by atoms with Crippen LogP contribution in [0.1, 0.15) is 38.8 Å². The van der Waals surface area contributed by atoms with Crippen LogP contribution in [0.3, 0.4) is 0 Å². The molecule has 0 spiro atoms. The maximum Gasteiger partial charge on any atom is 0.263 e. The zero-order chi connectivity index (χ0) is 21.5. The van der Waals surface area contributed by atoms with Gasteiger partial charge >= 0.3 is 0 Å². The molecule has 0 fully saturated rings. The summed E-state index contributed by atoms with van der Waals surface area (Å²) in [6, 6.07) is 6.34. The molecule has 7 nitrogen and oxygen atoms in total. The molecule has 0 atom stereocenters. The SMILES string of the molecule is CCC(O)(CC)Cc1csc(NS(=O)(=O)c2ccc(OCCCN(C)C)cc2)n1. The standard InChI is InChI=1S/C20H31N3O4S2/c1-5-20(24,6-2)14-16-15-28-19(21-16)22-29(25,26)18-10-8-17(9-11-18)27-13-7-12-23(3)4/h8-11,15,24H,5-7,12-14H2,1-4H3,(H,21,22). The van der Waals surface area contributed by atoms with Gasteiger partial charge in [-0.2, -0.15) is 0 Å². The Morgan fingerprint density at radius 2 is 1.86 bits per heavy atom. The average molecular weight is 442 g/mol. The van der Waals surface area contributed by atoms with Crippen LogP contribution in [-0.2, 0) is 16.4 Å². The number of aromatic nitrogens is 1. The first kappa shape index (κ1) is 23.6. The average Bonchev–Trinajstić information content (AvgIpc) is 3.11. The molecule has 1 aromatic heterocycles. The molecule has 0 aliphatic carbocycles. The van der Waals surface area contributed by atoms with Crippen molar-refractivity contribution in [3.05, 3.63) is 35.3 Å². The molecule has 0 aliphatic heterocycles. The molecule has 2 aromatic rings. The first-order chi connectivity index (χ1) is 13.7. The second-order valence-corrected chi connectivity index (χ2v) is 9.87. The molecule has 0 saturated heterocycles.